The summed E-state index contributed by atoms with van der Waals surface area (Å²) in [6, 6.07) is 8.25. The van der Waals surface area contributed by atoms with Gasteiger partial charge in [-0.15, -0.1) is 0 Å². The van der Waals surface area contributed by atoms with E-state index in [1.54, 1.807) is 0 Å². The van der Waals surface area contributed by atoms with Gasteiger partial charge in [0.25, 0.3) is 0 Å². The lowest BCUT2D eigenvalue weighted by Gasteiger charge is -2.30. The molecule has 0 spiro atoms. The molecule has 1 aliphatic carbocycles. The first-order chi connectivity index (χ1) is 9.60. The molecule has 1 unspecified atom stereocenters. The molecule has 2 rings (SSSR count). The average Bonchev–Trinajstić information content (AvgIpc) is 2.42. The smallest absolute Gasteiger partial charge is 0.241 e. The van der Waals surface area contributed by atoms with Gasteiger partial charge < -0.3 is 4.90 Å². The van der Waals surface area contributed by atoms with Gasteiger partial charge in [0.15, 0.2) is 0 Å². The maximum absolute atomic E-state index is 11.5. The molecule has 1 aromatic carbocycles. The molecule has 1 saturated carbocycles. The van der Waals surface area contributed by atoms with Crippen molar-refractivity contribution in [1.82, 2.24) is 10.3 Å². The highest BCUT2D eigenvalue weighted by atomic mass is 16.2. The Labute approximate surface area is 121 Å². The van der Waals surface area contributed by atoms with Crippen molar-refractivity contribution in [2.45, 2.75) is 38.6 Å². The summed E-state index contributed by atoms with van der Waals surface area (Å²) in [7, 11) is 2.18. The molecule has 110 valence electrons. The molecule has 1 aromatic rings. The minimum atomic E-state index is -0.207. The van der Waals surface area contributed by atoms with Crippen LogP contribution in [0.3, 0.4) is 0 Å². The molecule has 1 fully saturated rings. The summed E-state index contributed by atoms with van der Waals surface area (Å²) >= 11 is 0. The van der Waals surface area contributed by atoms with E-state index in [1.807, 2.05) is 19.1 Å². The third-order valence-corrected chi connectivity index (χ3v) is 4.26. The topological polar surface area (TPSA) is 58.4 Å². The zero-order valence-corrected chi connectivity index (χ0v) is 12.4. The van der Waals surface area contributed by atoms with E-state index < -0.39 is 0 Å². The third kappa shape index (κ3) is 3.81. The Hall–Kier alpha value is -1.39. The summed E-state index contributed by atoms with van der Waals surface area (Å²) in [5.41, 5.74) is 4.48. The van der Waals surface area contributed by atoms with E-state index in [4.69, 9.17) is 5.84 Å². The van der Waals surface area contributed by atoms with Crippen LogP contribution in [-0.4, -0.2) is 24.4 Å². The van der Waals surface area contributed by atoms with Crippen LogP contribution in [0.2, 0.25) is 0 Å². The Balaban J connectivity index is 1.88. The summed E-state index contributed by atoms with van der Waals surface area (Å²) in [4.78, 5) is 13.9. The van der Waals surface area contributed by atoms with E-state index in [1.165, 1.54) is 31.4 Å². The van der Waals surface area contributed by atoms with Crippen LogP contribution < -0.4 is 11.3 Å². The summed E-state index contributed by atoms with van der Waals surface area (Å²) in [6.45, 7) is 4.02. The number of rotatable bonds is 6. The summed E-state index contributed by atoms with van der Waals surface area (Å²) in [5.74, 6) is 5.70. The Morgan fingerprint density at radius 2 is 2.05 bits per heavy atom. The zero-order valence-electron chi connectivity index (χ0n) is 12.4. The molecule has 0 radical (unpaired) electrons. The molecular formula is C16H25N3O. The lowest BCUT2D eigenvalue weighted by Crippen LogP contribution is -2.33. The van der Waals surface area contributed by atoms with Gasteiger partial charge in [0, 0.05) is 13.1 Å². The first-order valence-electron chi connectivity index (χ1n) is 7.38. The minimum Gasteiger partial charge on any atom is -0.302 e. The Morgan fingerprint density at radius 1 is 1.40 bits per heavy atom. The second kappa shape index (κ2) is 6.86. The van der Waals surface area contributed by atoms with Crippen LogP contribution in [-0.2, 0) is 11.3 Å². The standard InChI is InChI=1S/C16H25N3O/c1-12(16(20)18-17)15-8-6-14(7-9-15)11-19(2)10-13-4-3-5-13/h6-9,12-13H,3-5,10-11,17H2,1-2H3,(H,18,20). The molecule has 0 saturated heterocycles. The van der Waals surface area contributed by atoms with Crippen molar-refractivity contribution in [3.05, 3.63) is 35.4 Å². The van der Waals surface area contributed by atoms with E-state index in [2.05, 4.69) is 29.5 Å². The van der Waals surface area contributed by atoms with Crippen LogP contribution in [0.5, 0.6) is 0 Å². The number of hydrogen-bond donors (Lipinski definition) is 2. The van der Waals surface area contributed by atoms with Crippen molar-refractivity contribution >= 4 is 5.91 Å². The van der Waals surface area contributed by atoms with Crippen molar-refractivity contribution in [1.29, 1.82) is 0 Å². The largest absolute Gasteiger partial charge is 0.302 e. The Morgan fingerprint density at radius 3 is 2.55 bits per heavy atom. The van der Waals surface area contributed by atoms with Gasteiger partial charge in [0.1, 0.15) is 0 Å². The third-order valence-electron chi connectivity index (χ3n) is 4.26. The molecule has 1 atom stereocenters. The van der Waals surface area contributed by atoms with Crippen LogP contribution in [0.1, 0.15) is 43.2 Å². The fourth-order valence-corrected chi connectivity index (χ4v) is 2.68. The molecule has 4 nitrogen and oxygen atoms in total. The number of amides is 1. The predicted molar refractivity (Wildman–Crippen MR) is 80.9 cm³/mol. The second-order valence-electron chi connectivity index (χ2n) is 5.97. The van der Waals surface area contributed by atoms with E-state index in [9.17, 15) is 4.79 Å². The molecule has 4 heteroatoms. The number of carbonyl (C=O) groups excluding carboxylic acids is 1. The molecule has 0 aromatic heterocycles. The number of carbonyl (C=O) groups is 1. The first-order valence-corrected chi connectivity index (χ1v) is 7.38. The normalized spacial score (nSPS) is 16.8. The highest BCUT2D eigenvalue weighted by molar-refractivity contribution is 5.82. The monoisotopic (exact) mass is 275 g/mol. The quantitative estimate of drug-likeness (QED) is 0.474. The maximum atomic E-state index is 11.5. The predicted octanol–water partition coefficient (Wildman–Crippen LogP) is 2.01. The van der Waals surface area contributed by atoms with Gasteiger partial charge >= 0.3 is 0 Å². The van der Waals surface area contributed by atoms with E-state index in [0.717, 1.165) is 18.0 Å². The fraction of sp³-hybridized carbons (Fsp3) is 0.562. The first kappa shape index (κ1) is 15.0. The van der Waals surface area contributed by atoms with Crippen molar-refractivity contribution in [2.24, 2.45) is 11.8 Å². The van der Waals surface area contributed by atoms with Crippen molar-refractivity contribution in [3.63, 3.8) is 0 Å². The van der Waals surface area contributed by atoms with Crippen molar-refractivity contribution < 1.29 is 4.79 Å². The molecule has 0 heterocycles. The summed E-state index contributed by atoms with van der Waals surface area (Å²) in [6.07, 6.45) is 4.16. The highest BCUT2D eigenvalue weighted by Crippen LogP contribution is 2.27. The van der Waals surface area contributed by atoms with E-state index in [0.29, 0.717) is 0 Å². The van der Waals surface area contributed by atoms with Crippen molar-refractivity contribution in [3.8, 4) is 0 Å². The second-order valence-corrected chi connectivity index (χ2v) is 5.97. The van der Waals surface area contributed by atoms with Gasteiger partial charge in [-0.05, 0) is 43.9 Å². The lowest BCUT2D eigenvalue weighted by molar-refractivity contribution is -0.122. The van der Waals surface area contributed by atoms with Gasteiger partial charge in [-0.2, -0.15) is 0 Å². The van der Waals surface area contributed by atoms with Crippen LogP contribution >= 0.6 is 0 Å². The Bertz CT molecular complexity index is 440. The van der Waals surface area contributed by atoms with Crippen LogP contribution in [0.25, 0.3) is 0 Å². The summed E-state index contributed by atoms with van der Waals surface area (Å²) in [5, 5.41) is 0. The molecule has 3 N–H and O–H groups in total. The number of nitrogens with one attached hydrogen (secondary N) is 1. The minimum absolute atomic E-state index is 0.153. The van der Waals surface area contributed by atoms with Gasteiger partial charge in [-0.3, -0.25) is 10.2 Å². The molecule has 0 aliphatic heterocycles. The zero-order chi connectivity index (χ0) is 14.5. The van der Waals surface area contributed by atoms with Crippen LogP contribution in [0.15, 0.2) is 24.3 Å². The lowest BCUT2D eigenvalue weighted by atomic mass is 9.85. The summed E-state index contributed by atoms with van der Waals surface area (Å²) < 4.78 is 0. The number of nitrogens with zero attached hydrogens (tertiary/aromatic N) is 1. The molecular weight excluding hydrogens is 250 g/mol. The highest BCUT2D eigenvalue weighted by Gasteiger charge is 2.19. The van der Waals surface area contributed by atoms with Gasteiger partial charge in [-0.1, -0.05) is 30.7 Å². The number of benzene rings is 1. The molecule has 1 aliphatic rings. The molecule has 1 amide bonds. The molecule has 0 bridgehead atoms. The van der Waals surface area contributed by atoms with Crippen LogP contribution in [0, 0.1) is 5.92 Å². The van der Waals surface area contributed by atoms with E-state index >= 15 is 0 Å². The number of hydrogen-bond acceptors (Lipinski definition) is 3. The number of nitrogens with two attached hydrogens (primary N) is 1. The van der Waals surface area contributed by atoms with Crippen LogP contribution in [0.4, 0.5) is 0 Å². The SMILES string of the molecule is CC(C(=O)NN)c1ccc(CN(C)CC2CCC2)cc1. The fourth-order valence-electron chi connectivity index (χ4n) is 2.68. The van der Waals surface area contributed by atoms with Gasteiger partial charge in [-0.25, -0.2) is 5.84 Å². The maximum Gasteiger partial charge on any atom is 0.241 e. The molecule has 20 heavy (non-hydrogen) atoms. The van der Waals surface area contributed by atoms with E-state index in [-0.39, 0.29) is 11.8 Å². The van der Waals surface area contributed by atoms with Gasteiger partial charge in [0.2, 0.25) is 5.91 Å². The Kier molecular flexibility index (Phi) is 5.15. The average molecular weight is 275 g/mol. The van der Waals surface area contributed by atoms with Crippen molar-refractivity contribution in [2.75, 3.05) is 13.6 Å². The number of hydrazine groups is 1. The van der Waals surface area contributed by atoms with Gasteiger partial charge in [0.05, 0.1) is 5.92 Å².